The molecule has 0 radical (unpaired) electrons. The number of benzene rings is 1. The molecule has 1 aromatic carbocycles. The summed E-state index contributed by atoms with van der Waals surface area (Å²) in [6.07, 6.45) is -1.65. The molecule has 0 saturated heterocycles. The summed E-state index contributed by atoms with van der Waals surface area (Å²) in [5.74, 6) is -3.77. The fourth-order valence-corrected chi connectivity index (χ4v) is 3.73. The van der Waals surface area contributed by atoms with Crippen LogP contribution in [0.2, 0.25) is 5.02 Å². The molecule has 0 aliphatic rings. The molecule has 13 heteroatoms. The fourth-order valence-electron chi connectivity index (χ4n) is 2.82. The van der Waals surface area contributed by atoms with E-state index in [-0.39, 0.29) is 28.5 Å². The molecule has 1 heterocycles. The van der Waals surface area contributed by atoms with Gasteiger partial charge in [0.2, 0.25) is 5.88 Å². The van der Waals surface area contributed by atoms with Crippen LogP contribution in [0.15, 0.2) is 12.1 Å². The van der Waals surface area contributed by atoms with Gasteiger partial charge in [0.05, 0.1) is 11.7 Å². The largest absolute Gasteiger partial charge is 0.477 e. The number of aromatic carboxylic acids is 1. The lowest BCUT2D eigenvalue weighted by Crippen LogP contribution is -2.42. The van der Waals surface area contributed by atoms with E-state index in [1.165, 1.54) is 6.92 Å². The molecule has 2 aromatic rings. The Morgan fingerprint density at radius 3 is 2.44 bits per heavy atom. The number of urea groups is 1. The van der Waals surface area contributed by atoms with Crippen molar-refractivity contribution in [2.45, 2.75) is 51.9 Å². The molecule has 0 fully saturated rings. The molecule has 2 unspecified atom stereocenters. The average Bonchev–Trinajstić information content (AvgIpc) is 3.07. The van der Waals surface area contributed by atoms with Crippen molar-refractivity contribution in [3.8, 4) is 5.88 Å². The van der Waals surface area contributed by atoms with Crippen LogP contribution in [0.25, 0.3) is 0 Å². The molecule has 2 atom stereocenters. The zero-order valence-corrected chi connectivity index (χ0v) is 20.6. The third-order valence-corrected chi connectivity index (χ3v) is 5.44. The first-order valence-corrected chi connectivity index (χ1v) is 11.5. The van der Waals surface area contributed by atoms with Crippen molar-refractivity contribution >= 4 is 40.1 Å². The number of anilines is 1. The number of aliphatic hydroxyl groups excluding tert-OH is 1. The van der Waals surface area contributed by atoms with E-state index >= 15 is 0 Å². The molecule has 0 aliphatic heterocycles. The van der Waals surface area contributed by atoms with Crippen LogP contribution >= 0.6 is 23.1 Å². The number of carbonyl (C=O) groups is 2. The molecular formula is C21H27ClF2N4O5S. The Bertz CT molecular complexity index is 1010. The lowest BCUT2D eigenvalue weighted by atomic mass is 10.1. The van der Waals surface area contributed by atoms with Crippen LogP contribution in [-0.4, -0.2) is 51.3 Å². The van der Waals surface area contributed by atoms with Crippen LogP contribution in [0.3, 0.4) is 0 Å². The summed E-state index contributed by atoms with van der Waals surface area (Å²) in [6.45, 7) is 7.68. The highest BCUT2D eigenvalue weighted by atomic mass is 35.5. The van der Waals surface area contributed by atoms with Crippen molar-refractivity contribution in [3.05, 3.63) is 39.9 Å². The van der Waals surface area contributed by atoms with E-state index in [1.54, 1.807) is 0 Å². The lowest BCUT2D eigenvalue weighted by molar-refractivity contribution is 0.0690. The Hall–Kier alpha value is -2.54. The van der Waals surface area contributed by atoms with Gasteiger partial charge in [-0.05, 0) is 57.8 Å². The average molecular weight is 521 g/mol. The number of aliphatic hydroxyl groups is 1. The number of nitrogens with zero attached hydrogens (tertiary/aromatic N) is 1. The number of hydrogen-bond donors (Lipinski definition) is 5. The third kappa shape index (κ3) is 8.05. The van der Waals surface area contributed by atoms with E-state index in [4.69, 9.17) is 16.3 Å². The van der Waals surface area contributed by atoms with Crippen molar-refractivity contribution < 1.29 is 33.3 Å². The number of halogens is 3. The van der Waals surface area contributed by atoms with Crippen LogP contribution in [0.1, 0.15) is 56.1 Å². The Balaban J connectivity index is 2.01. The minimum atomic E-state index is -1.45. The minimum Gasteiger partial charge on any atom is -0.477 e. The molecule has 9 nitrogen and oxygen atoms in total. The smallest absolute Gasteiger partial charge is 0.344 e. The van der Waals surface area contributed by atoms with Gasteiger partial charge in [-0.15, -0.1) is 0 Å². The first kappa shape index (κ1) is 27.7. The Labute approximate surface area is 204 Å². The van der Waals surface area contributed by atoms with Crippen molar-refractivity contribution in [1.82, 2.24) is 15.0 Å². The maximum absolute atomic E-state index is 14.2. The molecule has 0 spiro atoms. The molecule has 0 bridgehead atoms. The van der Waals surface area contributed by atoms with E-state index in [2.05, 4.69) is 20.3 Å². The molecule has 0 aliphatic carbocycles. The highest BCUT2D eigenvalue weighted by molar-refractivity contribution is 7.11. The van der Waals surface area contributed by atoms with Crippen LogP contribution in [-0.2, 0) is 0 Å². The predicted molar refractivity (Wildman–Crippen MR) is 125 cm³/mol. The number of carboxylic acid groups (broad SMARTS) is 1. The van der Waals surface area contributed by atoms with Gasteiger partial charge in [-0.3, -0.25) is 5.32 Å². The number of rotatable bonds is 10. The SMILES string of the molecule is CC(Oc1nsc(NC(=O)NCCC(O)CNC(C)(C)C)c1C(=O)O)c1c(F)cc(Cl)cc1F. The molecule has 1 aromatic heterocycles. The second-order valence-corrected chi connectivity index (χ2v) is 9.70. The summed E-state index contributed by atoms with van der Waals surface area (Å²) in [5, 5.41) is 27.3. The number of carbonyl (C=O) groups excluding carboxylic acids is 1. The van der Waals surface area contributed by atoms with E-state index in [9.17, 15) is 28.6 Å². The first-order valence-electron chi connectivity index (χ1n) is 10.3. The number of nitrogens with one attached hydrogen (secondary N) is 3. The molecule has 0 saturated carbocycles. The minimum absolute atomic E-state index is 0.126. The summed E-state index contributed by atoms with van der Waals surface area (Å²) in [7, 11) is 0. The van der Waals surface area contributed by atoms with Gasteiger partial charge in [0.25, 0.3) is 0 Å². The van der Waals surface area contributed by atoms with Crippen molar-refractivity contribution in [2.75, 3.05) is 18.4 Å². The monoisotopic (exact) mass is 520 g/mol. The Kier molecular flexibility index (Phi) is 9.56. The van der Waals surface area contributed by atoms with Crippen LogP contribution in [0, 0.1) is 11.6 Å². The summed E-state index contributed by atoms with van der Waals surface area (Å²) in [4.78, 5) is 23.9. The van der Waals surface area contributed by atoms with Gasteiger partial charge >= 0.3 is 12.0 Å². The van der Waals surface area contributed by atoms with Gasteiger partial charge in [-0.25, -0.2) is 18.4 Å². The zero-order chi connectivity index (χ0) is 25.6. The number of aromatic nitrogens is 1. The molecule has 34 heavy (non-hydrogen) atoms. The summed E-state index contributed by atoms with van der Waals surface area (Å²) >= 11 is 6.26. The van der Waals surface area contributed by atoms with Crippen LogP contribution < -0.4 is 20.7 Å². The van der Waals surface area contributed by atoms with Crippen molar-refractivity contribution in [2.24, 2.45) is 0 Å². The van der Waals surface area contributed by atoms with Gasteiger partial charge in [0, 0.05) is 23.7 Å². The van der Waals surface area contributed by atoms with Crippen molar-refractivity contribution in [3.63, 3.8) is 0 Å². The van der Waals surface area contributed by atoms with E-state index in [1.807, 2.05) is 20.8 Å². The van der Waals surface area contributed by atoms with Gasteiger partial charge in [-0.2, -0.15) is 4.37 Å². The summed E-state index contributed by atoms with van der Waals surface area (Å²) in [5.41, 5.74) is -1.07. The second kappa shape index (κ2) is 11.7. The number of carboxylic acids is 1. The molecule has 188 valence electrons. The number of hydrogen-bond acceptors (Lipinski definition) is 7. The Morgan fingerprint density at radius 2 is 1.88 bits per heavy atom. The van der Waals surface area contributed by atoms with Gasteiger partial charge in [0.1, 0.15) is 22.7 Å². The number of β-amino-alcohol motifs (C(OH)–C–C–N with tert-alkyl or cyclic N) is 1. The normalized spacial score (nSPS) is 13.3. The van der Waals surface area contributed by atoms with Crippen molar-refractivity contribution in [1.29, 1.82) is 0 Å². The van der Waals surface area contributed by atoms with E-state index < -0.39 is 52.8 Å². The first-order chi connectivity index (χ1) is 15.8. The topological polar surface area (TPSA) is 133 Å². The Morgan fingerprint density at radius 1 is 1.26 bits per heavy atom. The highest BCUT2D eigenvalue weighted by Crippen LogP contribution is 2.35. The molecule has 5 N–H and O–H groups in total. The van der Waals surface area contributed by atoms with E-state index in [0.717, 1.165) is 12.1 Å². The molecule has 2 amide bonds. The molecule has 2 rings (SSSR count). The van der Waals surface area contributed by atoms with Crippen LogP contribution in [0.5, 0.6) is 5.88 Å². The van der Waals surface area contributed by atoms with Gasteiger partial charge in [0.15, 0.2) is 5.56 Å². The predicted octanol–water partition coefficient (Wildman–Crippen LogP) is 4.17. The maximum Gasteiger partial charge on any atom is 0.344 e. The second-order valence-electron chi connectivity index (χ2n) is 8.49. The highest BCUT2D eigenvalue weighted by Gasteiger charge is 2.27. The van der Waals surface area contributed by atoms with E-state index in [0.29, 0.717) is 18.1 Å². The quantitative estimate of drug-likeness (QED) is 0.317. The van der Waals surface area contributed by atoms with Gasteiger partial charge < -0.3 is 25.6 Å². The molecular weight excluding hydrogens is 494 g/mol. The summed E-state index contributed by atoms with van der Waals surface area (Å²) in [6, 6.07) is 1.11. The summed E-state index contributed by atoms with van der Waals surface area (Å²) < 4.78 is 37.6. The standard InChI is InChI=1S/C21H27ClF2N4O5S/c1-10(15-13(23)7-11(22)8-14(15)24)33-17-16(19(30)31)18(34-28-17)27-20(32)25-6-5-12(29)9-26-21(2,3)4/h7-8,10,12,26,29H,5-6,9H2,1-4H3,(H,30,31)(H2,25,27,32). The van der Waals surface area contributed by atoms with Crippen LogP contribution in [0.4, 0.5) is 18.6 Å². The third-order valence-electron chi connectivity index (χ3n) is 4.47. The lowest BCUT2D eigenvalue weighted by Gasteiger charge is -2.22. The number of amides is 2. The number of ether oxygens (including phenoxy) is 1. The zero-order valence-electron chi connectivity index (χ0n) is 19.0. The maximum atomic E-state index is 14.2. The fraction of sp³-hybridized carbons (Fsp3) is 0.476. The van der Waals surface area contributed by atoms with Gasteiger partial charge in [-0.1, -0.05) is 11.6 Å².